The Labute approximate surface area is 203 Å². The molecule has 0 spiro atoms. The summed E-state index contributed by atoms with van der Waals surface area (Å²) in [5, 5.41) is 14.0. The number of hydrogen-bond acceptors (Lipinski definition) is 5. The van der Waals surface area contributed by atoms with E-state index in [4.69, 9.17) is 27.9 Å². The number of nitrogens with one attached hydrogen (secondary N) is 1. The van der Waals surface area contributed by atoms with E-state index in [-0.39, 0.29) is 41.9 Å². The Morgan fingerprint density at radius 3 is 2.58 bits per heavy atom. The van der Waals surface area contributed by atoms with Crippen LogP contribution < -0.4 is 10.9 Å². The van der Waals surface area contributed by atoms with Crippen LogP contribution in [-0.4, -0.2) is 57.0 Å². The van der Waals surface area contributed by atoms with Gasteiger partial charge in [0.05, 0.1) is 35.4 Å². The van der Waals surface area contributed by atoms with Gasteiger partial charge in [-0.2, -0.15) is 0 Å². The maximum absolute atomic E-state index is 13.3. The average Bonchev–Trinajstić information content (AvgIpc) is 3.11. The Morgan fingerprint density at radius 1 is 1.33 bits per heavy atom. The van der Waals surface area contributed by atoms with Crippen LogP contribution in [0.1, 0.15) is 33.4 Å². The van der Waals surface area contributed by atoms with E-state index in [2.05, 4.69) is 10.3 Å². The van der Waals surface area contributed by atoms with Crippen LogP contribution >= 0.6 is 23.2 Å². The first kappa shape index (κ1) is 25.3. The molecule has 1 saturated heterocycles. The molecule has 1 unspecified atom stereocenters. The summed E-state index contributed by atoms with van der Waals surface area (Å²) in [5.74, 6) is 0.579. The Kier molecular flexibility index (Phi) is 7.92. The van der Waals surface area contributed by atoms with E-state index in [1.54, 1.807) is 25.2 Å². The van der Waals surface area contributed by atoms with E-state index in [9.17, 15) is 14.7 Å². The molecule has 1 fully saturated rings. The molecule has 0 saturated carbocycles. The molecule has 180 valence electrons. The van der Waals surface area contributed by atoms with Gasteiger partial charge in [0.15, 0.2) is 0 Å². The Balaban J connectivity index is 2.09. The minimum atomic E-state index is -0.988. The Morgan fingerprint density at radius 2 is 2.03 bits per heavy atom. The van der Waals surface area contributed by atoms with E-state index in [1.165, 1.54) is 9.47 Å². The Bertz CT molecular complexity index is 1090. The number of likely N-dealkylation sites (tertiary alicyclic amines) is 1. The van der Waals surface area contributed by atoms with Crippen molar-refractivity contribution in [2.24, 2.45) is 13.0 Å². The highest BCUT2D eigenvalue weighted by molar-refractivity contribution is 6.36. The van der Waals surface area contributed by atoms with Crippen molar-refractivity contribution < 1.29 is 14.6 Å². The number of benzene rings is 1. The summed E-state index contributed by atoms with van der Waals surface area (Å²) in [5.41, 5.74) is 1.10. The van der Waals surface area contributed by atoms with Crippen LogP contribution in [0.15, 0.2) is 23.0 Å². The molecule has 0 bridgehead atoms. The molecule has 8 nitrogen and oxygen atoms in total. The number of carboxylic acid groups (broad SMARTS) is 1. The van der Waals surface area contributed by atoms with E-state index in [1.807, 2.05) is 27.7 Å². The summed E-state index contributed by atoms with van der Waals surface area (Å²) in [7, 11) is 1.67. The molecule has 1 aromatic heterocycles. The number of halogens is 2. The van der Waals surface area contributed by atoms with Crippen LogP contribution in [0.2, 0.25) is 10.0 Å². The number of anilines is 1. The van der Waals surface area contributed by atoms with Crippen LogP contribution in [0.4, 0.5) is 10.6 Å². The molecule has 1 aliphatic rings. The lowest BCUT2D eigenvalue weighted by Crippen LogP contribution is -2.47. The number of hydrogen-bond donors (Lipinski definition) is 2. The van der Waals surface area contributed by atoms with Gasteiger partial charge in [-0.3, -0.25) is 9.36 Å². The van der Waals surface area contributed by atoms with Crippen molar-refractivity contribution in [1.82, 2.24) is 14.5 Å². The molecule has 33 heavy (non-hydrogen) atoms. The summed E-state index contributed by atoms with van der Waals surface area (Å²) >= 11 is 12.4. The second kappa shape index (κ2) is 10.3. The number of ether oxygens (including phenoxy) is 1. The molecule has 0 aliphatic carbocycles. The van der Waals surface area contributed by atoms with Gasteiger partial charge in [0.1, 0.15) is 11.5 Å². The average molecular weight is 497 g/mol. The van der Waals surface area contributed by atoms with Gasteiger partial charge in [0, 0.05) is 24.2 Å². The molecular formula is C23H30Cl2N4O4. The van der Waals surface area contributed by atoms with Gasteiger partial charge >= 0.3 is 6.09 Å². The second-order valence-electron chi connectivity index (χ2n) is 8.43. The van der Waals surface area contributed by atoms with Gasteiger partial charge in [0.2, 0.25) is 0 Å². The zero-order valence-corrected chi connectivity index (χ0v) is 20.9. The van der Waals surface area contributed by atoms with Gasteiger partial charge < -0.3 is 20.1 Å². The van der Waals surface area contributed by atoms with Crippen LogP contribution in [0, 0.1) is 5.92 Å². The van der Waals surface area contributed by atoms with E-state index in [0.717, 1.165) is 0 Å². The fourth-order valence-corrected chi connectivity index (χ4v) is 5.00. The highest BCUT2D eigenvalue weighted by Gasteiger charge is 2.46. The molecule has 2 aromatic rings. The van der Waals surface area contributed by atoms with E-state index < -0.39 is 6.09 Å². The maximum atomic E-state index is 13.3. The predicted octanol–water partition coefficient (Wildman–Crippen LogP) is 4.52. The largest absolute Gasteiger partial charge is 0.465 e. The first-order valence-corrected chi connectivity index (χ1v) is 11.8. The second-order valence-corrected chi connectivity index (χ2v) is 9.27. The number of carbonyl (C=O) groups is 1. The van der Waals surface area contributed by atoms with Gasteiger partial charge in [-0.25, -0.2) is 9.78 Å². The smallest absolute Gasteiger partial charge is 0.407 e. The third-order valence-electron chi connectivity index (χ3n) is 6.00. The molecule has 2 N–H and O–H groups in total. The van der Waals surface area contributed by atoms with Crippen LogP contribution in [0.3, 0.4) is 0 Å². The zero-order valence-electron chi connectivity index (χ0n) is 19.4. The molecule has 1 aliphatic heterocycles. The minimum Gasteiger partial charge on any atom is -0.465 e. The number of aryl methyl sites for hydroxylation is 1. The molecular weight excluding hydrogens is 467 g/mol. The van der Waals surface area contributed by atoms with Crippen molar-refractivity contribution in [1.29, 1.82) is 0 Å². The maximum Gasteiger partial charge on any atom is 0.407 e. The standard InChI is InChI=1S/C23H30Cl2N4O4/c1-6-16-21(27-19-17(33-7-2)11-29(23(31)32)20(19)12(3)4)28(5)22(30)18(26-16)14-9-8-13(24)10-15(14)25/h8-10,12,17,19-20,27H,6-7,11H2,1-5H3,(H,31,32)/t17-,19-,20?/m0/s1. The lowest BCUT2D eigenvalue weighted by atomic mass is 9.96. The van der Waals surface area contributed by atoms with Gasteiger partial charge in [0.25, 0.3) is 5.56 Å². The van der Waals surface area contributed by atoms with Crippen molar-refractivity contribution >= 4 is 35.1 Å². The van der Waals surface area contributed by atoms with Gasteiger partial charge in [-0.15, -0.1) is 0 Å². The minimum absolute atomic E-state index is 0.0336. The Hall–Kier alpha value is -2.29. The fraction of sp³-hybridized carbons (Fsp3) is 0.522. The molecule has 0 radical (unpaired) electrons. The van der Waals surface area contributed by atoms with Crippen LogP contribution in [0.25, 0.3) is 11.3 Å². The highest BCUT2D eigenvalue weighted by Crippen LogP contribution is 2.32. The molecule has 2 heterocycles. The monoisotopic (exact) mass is 496 g/mol. The van der Waals surface area contributed by atoms with Crippen molar-refractivity contribution in [2.45, 2.75) is 52.3 Å². The van der Waals surface area contributed by atoms with Crippen LogP contribution in [0.5, 0.6) is 0 Å². The van der Waals surface area contributed by atoms with Crippen LogP contribution in [-0.2, 0) is 18.2 Å². The quantitative estimate of drug-likeness (QED) is 0.584. The zero-order chi connectivity index (χ0) is 24.4. The first-order valence-electron chi connectivity index (χ1n) is 11.0. The third kappa shape index (κ3) is 4.98. The molecule has 1 amide bonds. The molecule has 1 aromatic carbocycles. The number of rotatable bonds is 7. The lowest BCUT2D eigenvalue weighted by molar-refractivity contribution is 0.0625. The number of aromatic nitrogens is 2. The number of amides is 1. The van der Waals surface area contributed by atoms with Crippen molar-refractivity contribution in [3.05, 3.63) is 44.3 Å². The number of nitrogens with zero attached hydrogens (tertiary/aromatic N) is 3. The molecule has 3 atom stereocenters. The van der Waals surface area contributed by atoms with Crippen molar-refractivity contribution in [3.63, 3.8) is 0 Å². The van der Waals surface area contributed by atoms with Gasteiger partial charge in [-0.1, -0.05) is 44.0 Å². The third-order valence-corrected chi connectivity index (χ3v) is 6.55. The molecule has 10 heteroatoms. The summed E-state index contributed by atoms with van der Waals surface area (Å²) in [6, 6.07) is 4.26. The summed E-state index contributed by atoms with van der Waals surface area (Å²) in [4.78, 5) is 31.3. The SMILES string of the molecule is CCO[C@H]1CN(C(=O)O)C(C(C)C)[C@H]1Nc1c(CC)nc(-c2ccc(Cl)cc2Cl)c(=O)n1C. The molecule has 3 rings (SSSR count). The lowest BCUT2D eigenvalue weighted by Gasteiger charge is -2.32. The summed E-state index contributed by atoms with van der Waals surface area (Å²) < 4.78 is 7.42. The van der Waals surface area contributed by atoms with E-state index >= 15 is 0 Å². The normalized spacial score (nSPS) is 20.5. The summed E-state index contributed by atoms with van der Waals surface area (Å²) in [6.45, 7) is 8.49. The topological polar surface area (TPSA) is 96.7 Å². The van der Waals surface area contributed by atoms with Gasteiger partial charge in [-0.05, 0) is 37.5 Å². The highest BCUT2D eigenvalue weighted by atomic mass is 35.5. The predicted molar refractivity (Wildman–Crippen MR) is 130 cm³/mol. The van der Waals surface area contributed by atoms with E-state index in [0.29, 0.717) is 40.1 Å². The summed E-state index contributed by atoms with van der Waals surface area (Å²) in [6.07, 6.45) is -0.794. The van der Waals surface area contributed by atoms with Crippen molar-refractivity contribution in [2.75, 3.05) is 18.5 Å². The van der Waals surface area contributed by atoms with Crippen molar-refractivity contribution in [3.8, 4) is 11.3 Å². The fourth-order valence-electron chi connectivity index (χ4n) is 4.50. The first-order chi connectivity index (χ1) is 15.6.